The quantitative estimate of drug-likeness (QED) is 0.903. The average Bonchev–Trinajstić information content (AvgIpc) is 2.61. The Balaban J connectivity index is 1.76. The molecule has 4 nitrogen and oxygen atoms in total. The minimum Gasteiger partial charge on any atom is -0.494 e. The predicted octanol–water partition coefficient (Wildman–Crippen LogP) is 3.81. The largest absolute Gasteiger partial charge is 0.494 e. The van der Waals surface area contributed by atoms with Crippen LogP contribution in [-0.4, -0.2) is 24.6 Å². The zero-order valence-corrected chi connectivity index (χ0v) is 13.8. The van der Waals surface area contributed by atoms with E-state index in [9.17, 15) is 9.18 Å². The van der Waals surface area contributed by atoms with Gasteiger partial charge >= 0.3 is 6.03 Å². The van der Waals surface area contributed by atoms with Gasteiger partial charge in [-0.1, -0.05) is 24.3 Å². The Labute approximate surface area is 143 Å². The molecule has 122 valence electrons. The lowest BCUT2D eigenvalue weighted by atomic mass is 9.85. The number of urea groups is 1. The van der Waals surface area contributed by atoms with Gasteiger partial charge in [0.15, 0.2) is 11.6 Å². The summed E-state index contributed by atoms with van der Waals surface area (Å²) in [6, 6.07) is 12.1. The van der Waals surface area contributed by atoms with Crippen molar-refractivity contribution in [1.82, 2.24) is 5.32 Å². The van der Waals surface area contributed by atoms with Gasteiger partial charge in [0.2, 0.25) is 0 Å². The van der Waals surface area contributed by atoms with Gasteiger partial charge in [-0.2, -0.15) is 4.99 Å². The zero-order valence-electron chi connectivity index (χ0n) is 13.0. The number of hydrogen-bond donors (Lipinski definition) is 1. The number of nitrogens with one attached hydrogen (secondary N) is 1. The summed E-state index contributed by atoms with van der Waals surface area (Å²) in [6.07, 6.45) is 0. The normalized spacial score (nSPS) is 22.1. The van der Waals surface area contributed by atoms with E-state index in [0.717, 1.165) is 27.5 Å². The summed E-state index contributed by atoms with van der Waals surface area (Å²) >= 11 is 1.74. The Hall–Kier alpha value is -2.34. The summed E-state index contributed by atoms with van der Waals surface area (Å²) < 4.78 is 19.1. The van der Waals surface area contributed by atoms with E-state index in [0.29, 0.717) is 0 Å². The molecule has 0 aromatic heterocycles. The number of carbonyl (C=O) groups is 1. The molecule has 0 saturated heterocycles. The second-order valence-electron chi connectivity index (χ2n) is 5.73. The summed E-state index contributed by atoms with van der Waals surface area (Å²) in [5.74, 6) is 0.555. The van der Waals surface area contributed by atoms with Crippen molar-refractivity contribution >= 4 is 23.5 Å². The lowest BCUT2D eigenvalue weighted by Crippen LogP contribution is -2.43. The molecule has 2 heterocycles. The van der Waals surface area contributed by atoms with Gasteiger partial charge in [0.1, 0.15) is 0 Å². The van der Waals surface area contributed by atoms with Crippen molar-refractivity contribution in [2.45, 2.75) is 10.9 Å². The fraction of sp³-hybridized carbons (Fsp3) is 0.222. The van der Waals surface area contributed by atoms with E-state index in [1.807, 2.05) is 24.3 Å². The molecule has 0 bridgehead atoms. The van der Waals surface area contributed by atoms with E-state index >= 15 is 0 Å². The van der Waals surface area contributed by atoms with Gasteiger partial charge in [-0.05, 0) is 23.8 Å². The number of benzene rings is 2. The van der Waals surface area contributed by atoms with Crippen molar-refractivity contribution in [3.05, 3.63) is 59.4 Å². The third kappa shape index (κ3) is 2.47. The van der Waals surface area contributed by atoms with Gasteiger partial charge in [-0.15, -0.1) is 11.8 Å². The fourth-order valence-electron chi connectivity index (χ4n) is 3.23. The molecule has 2 amide bonds. The molecule has 2 aromatic rings. The number of thioether (sulfide) groups is 1. The van der Waals surface area contributed by atoms with Crippen LogP contribution in [-0.2, 0) is 0 Å². The predicted molar refractivity (Wildman–Crippen MR) is 91.4 cm³/mol. The van der Waals surface area contributed by atoms with Crippen LogP contribution in [0.3, 0.4) is 0 Å². The van der Waals surface area contributed by atoms with Crippen LogP contribution in [0.25, 0.3) is 0 Å². The second-order valence-corrected chi connectivity index (χ2v) is 6.79. The molecule has 0 radical (unpaired) electrons. The number of halogens is 1. The van der Waals surface area contributed by atoms with Crippen LogP contribution >= 0.6 is 11.8 Å². The van der Waals surface area contributed by atoms with Crippen LogP contribution in [0.15, 0.2) is 52.4 Å². The first kappa shape index (κ1) is 15.2. The highest BCUT2D eigenvalue weighted by Gasteiger charge is 2.37. The highest BCUT2D eigenvalue weighted by molar-refractivity contribution is 7.99. The Morgan fingerprint density at radius 3 is 2.92 bits per heavy atom. The van der Waals surface area contributed by atoms with Gasteiger partial charge in [0.05, 0.1) is 18.9 Å². The molecule has 2 aliphatic rings. The minimum absolute atomic E-state index is 0.00962. The Kier molecular flexibility index (Phi) is 3.76. The molecular weight excluding hydrogens is 327 g/mol. The van der Waals surface area contributed by atoms with Crippen molar-refractivity contribution < 1.29 is 13.9 Å². The fourth-order valence-corrected chi connectivity index (χ4v) is 4.44. The summed E-state index contributed by atoms with van der Waals surface area (Å²) in [4.78, 5) is 17.4. The van der Waals surface area contributed by atoms with E-state index in [2.05, 4.69) is 10.3 Å². The monoisotopic (exact) mass is 342 g/mol. The third-order valence-corrected chi connectivity index (χ3v) is 5.56. The van der Waals surface area contributed by atoms with E-state index in [1.54, 1.807) is 23.9 Å². The molecule has 2 atom stereocenters. The molecule has 2 aromatic carbocycles. The Morgan fingerprint density at radius 2 is 2.12 bits per heavy atom. The van der Waals surface area contributed by atoms with E-state index < -0.39 is 5.82 Å². The maximum absolute atomic E-state index is 14.1. The molecule has 6 heteroatoms. The molecule has 0 aliphatic carbocycles. The van der Waals surface area contributed by atoms with Gasteiger partial charge in [0, 0.05) is 22.1 Å². The highest BCUT2D eigenvalue weighted by Crippen LogP contribution is 2.40. The van der Waals surface area contributed by atoms with Crippen molar-refractivity contribution in [2.24, 2.45) is 10.9 Å². The van der Waals surface area contributed by atoms with Crippen LogP contribution in [0.2, 0.25) is 0 Å². The molecule has 0 fully saturated rings. The first-order valence-corrected chi connectivity index (χ1v) is 8.60. The lowest BCUT2D eigenvalue weighted by molar-refractivity contribution is 0.241. The SMILES string of the molecule is COc1ccc(C2NC(=O)N=C3c4ccccc4SCC32)cc1F. The first-order valence-electron chi connectivity index (χ1n) is 7.62. The van der Waals surface area contributed by atoms with Crippen molar-refractivity contribution in [3.8, 4) is 5.75 Å². The van der Waals surface area contributed by atoms with E-state index in [4.69, 9.17) is 4.74 Å². The number of nitrogens with zero attached hydrogens (tertiary/aromatic N) is 1. The zero-order chi connectivity index (χ0) is 16.7. The lowest BCUT2D eigenvalue weighted by Gasteiger charge is -2.35. The van der Waals surface area contributed by atoms with Crippen LogP contribution in [0, 0.1) is 11.7 Å². The molecule has 2 aliphatic heterocycles. The summed E-state index contributed by atoms with van der Waals surface area (Å²) in [5.41, 5.74) is 2.50. The van der Waals surface area contributed by atoms with Crippen molar-refractivity contribution in [3.63, 3.8) is 0 Å². The first-order chi connectivity index (χ1) is 11.7. The number of hydrogen-bond acceptors (Lipinski definition) is 3. The van der Waals surface area contributed by atoms with Gasteiger partial charge in [0.25, 0.3) is 0 Å². The molecule has 1 N–H and O–H groups in total. The van der Waals surface area contributed by atoms with Crippen molar-refractivity contribution in [1.29, 1.82) is 0 Å². The maximum atomic E-state index is 14.1. The number of amides is 2. The second kappa shape index (κ2) is 5.94. The molecular formula is C18H15FN2O2S. The molecule has 24 heavy (non-hydrogen) atoms. The Bertz CT molecular complexity index is 853. The standard InChI is InChI=1S/C18H15FN2O2S/c1-23-14-7-6-10(8-13(14)19)16-12-9-24-15-5-3-2-4-11(15)17(12)21-18(22)20-16/h2-8,12,16H,9H2,1H3,(H,20,22). The van der Waals surface area contributed by atoms with Crippen LogP contribution in [0.5, 0.6) is 5.75 Å². The average molecular weight is 342 g/mol. The van der Waals surface area contributed by atoms with E-state index in [-0.39, 0.29) is 23.7 Å². The third-order valence-electron chi connectivity index (χ3n) is 4.37. The number of aliphatic imine (C=N–C) groups is 1. The number of methoxy groups -OCH3 is 1. The summed E-state index contributed by atoms with van der Waals surface area (Å²) in [5, 5.41) is 2.88. The highest BCUT2D eigenvalue weighted by atomic mass is 32.2. The number of carbonyl (C=O) groups excluding carboxylic acids is 1. The van der Waals surface area contributed by atoms with Crippen LogP contribution in [0.4, 0.5) is 9.18 Å². The minimum atomic E-state index is -0.433. The smallest absolute Gasteiger partial charge is 0.341 e. The summed E-state index contributed by atoms with van der Waals surface area (Å²) in [6.45, 7) is 0. The van der Waals surface area contributed by atoms with Crippen LogP contribution in [0.1, 0.15) is 17.2 Å². The van der Waals surface area contributed by atoms with Gasteiger partial charge in [-0.3, -0.25) is 0 Å². The number of ether oxygens (including phenoxy) is 1. The van der Waals surface area contributed by atoms with Crippen LogP contribution < -0.4 is 10.1 Å². The number of fused-ring (bicyclic) bond motifs is 3. The Morgan fingerprint density at radius 1 is 1.29 bits per heavy atom. The van der Waals surface area contributed by atoms with E-state index in [1.165, 1.54) is 13.2 Å². The summed E-state index contributed by atoms with van der Waals surface area (Å²) in [7, 11) is 1.43. The molecule has 2 unspecified atom stereocenters. The molecule has 0 saturated carbocycles. The maximum Gasteiger partial charge on any atom is 0.341 e. The van der Waals surface area contributed by atoms with Gasteiger partial charge in [-0.25, -0.2) is 9.18 Å². The molecule has 4 rings (SSSR count). The number of rotatable bonds is 2. The molecule has 0 spiro atoms. The topological polar surface area (TPSA) is 50.7 Å². The van der Waals surface area contributed by atoms with Gasteiger partial charge < -0.3 is 10.1 Å². The van der Waals surface area contributed by atoms with Crippen molar-refractivity contribution in [2.75, 3.05) is 12.9 Å².